The summed E-state index contributed by atoms with van der Waals surface area (Å²) >= 11 is 0. The lowest BCUT2D eigenvalue weighted by atomic mass is 9.73. The number of nitrogens with one attached hydrogen (secondary N) is 1. The Morgan fingerprint density at radius 2 is 2.00 bits per heavy atom. The van der Waals surface area contributed by atoms with Gasteiger partial charge in [-0.15, -0.1) is 0 Å². The molecule has 0 radical (unpaired) electrons. The summed E-state index contributed by atoms with van der Waals surface area (Å²) < 4.78 is 15.9. The molecule has 0 saturated heterocycles. The summed E-state index contributed by atoms with van der Waals surface area (Å²) in [7, 11) is 0. The number of ether oxygens (including phenoxy) is 3. The van der Waals surface area contributed by atoms with Crippen molar-refractivity contribution in [1.29, 1.82) is 10.7 Å². The number of benzene rings is 1. The Balaban J connectivity index is 1.97. The second kappa shape index (κ2) is 5.84. The molecule has 0 aromatic heterocycles. The number of ketones is 1. The fourth-order valence-corrected chi connectivity index (χ4v) is 3.62. The second-order valence-electron chi connectivity index (χ2n) is 6.19. The van der Waals surface area contributed by atoms with Gasteiger partial charge in [0.1, 0.15) is 11.7 Å². The maximum atomic E-state index is 12.6. The third kappa shape index (κ3) is 2.30. The maximum Gasteiger partial charge on any atom is 0.277 e. The van der Waals surface area contributed by atoms with Gasteiger partial charge in [-0.05, 0) is 12.5 Å². The zero-order valence-corrected chi connectivity index (χ0v) is 13.5. The number of allylic oxidation sites excluding steroid dienone is 2. The molecule has 1 aromatic rings. The molecule has 0 amide bonds. The standard InChI is InChI=1S/C17H13N3O6/c18-6-9-15(16-11(21)2-1-3-12(16)26-17(9)19)8-4-13-14(25-7-24-13)5-10(8)20(22)23/h4-5,9,15,19H,1-3,7H2. The van der Waals surface area contributed by atoms with Gasteiger partial charge < -0.3 is 14.2 Å². The summed E-state index contributed by atoms with van der Waals surface area (Å²) in [6.45, 7) is -0.0614. The van der Waals surface area contributed by atoms with E-state index in [1.54, 1.807) is 0 Å². The molecule has 1 N–H and O–H groups in total. The lowest BCUT2D eigenvalue weighted by Gasteiger charge is -2.33. The van der Waals surface area contributed by atoms with Crippen LogP contribution < -0.4 is 9.47 Å². The fourth-order valence-electron chi connectivity index (χ4n) is 3.62. The molecule has 26 heavy (non-hydrogen) atoms. The predicted octanol–water partition coefficient (Wildman–Crippen LogP) is 2.56. The van der Waals surface area contributed by atoms with Gasteiger partial charge in [0.25, 0.3) is 5.69 Å². The second-order valence-corrected chi connectivity index (χ2v) is 6.19. The molecule has 9 heteroatoms. The van der Waals surface area contributed by atoms with Gasteiger partial charge in [-0.3, -0.25) is 20.3 Å². The average molecular weight is 355 g/mol. The molecule has 0 fully saturated rings. The van der Waals surface area contributed by atoms with Gasteiger partial charge in [0.05, 0.1) is 17.1 Å². The molecule has 3 aliphatic rings. The largest absolute Gasteiger partial charge is 0.454 e. The predicted molar refractivity (Wildman–Crippen MR) is 85.8 cm³/mol. The zero-order chi connectivity index (χ0) is 18.4. The normalized spacial score (nSPS) is 24.0. The highest BCUT2D eigenvalue weighted by Gasteiger charge is 2.45. The first-order chi connectivity index (χ1) is 12.5. The molecule has 4 rings (SSSR count). The maximum absolute atomic E-state index is 12.6. The number of rotatable bonds is 2. The molecular weight excluding hydrogens is 342 g/mol. The minimum absolute atomic E-state index is 0.0614. The number of Topliss-reactive ketones (excluding diaryl/α,β-unsaturated/α-hetero) is 1. The van der Waals surface area contributed by atoms with Crippen molar-refractivity contribution in [2.45, 2.75) is 25.2 Å². The minimum atomic E-state index is -1.13. The van der Waals surface area contributed by atoms with Crippen molar-refractivity contribution >= 4 is 17.4 Å². The number of fused-ring (bicyclic) bond motifs is 1. The van der Waals surface area contributed by atoms with Gasteiger partial charge in [-0.25, -0.2) is 0 Å². The van der Waals surface area contributed by atoms with E-state index in [4.69, 9.17) is 19.6 Å². The third-order valence-electron chi connectivity index (χ3n) is 4.76. The van der Waals surface area contributed by atoms with Gasteiger partial charge in [0, 0.05) is 29.9 Å². The number of nitriles is 1. The van der Waals surface area contributed by atoms with E-state index in [0.717, 1.165) is 0 Å². The highest BCUT2D eigenvalue weighted by Crippen LogP contribution is 2.49. The van der Waals surface area contributed by atoms with Crippen LogP contribution in [0.2, 0.25) is 0 Å². The topological polar surface area (TPSA) is 136 Å². The Hall–Kier alpha value is -3.41. The van der Waals surface area contributed by atoms with E-state index in [2.05, 4.69) is 0 Å². The zero-order valence-electron chi connectivity index (χ0n) is 13.5. The van der Waals surface area contributed by atoms with Crippen molar-refractivity contribution in [2.24, 2.45) is 5.92 Å². The molecule has 9 nitrogen and oxygen atoms in total. The minimum Gasteiger partial charge on any atom is -0.454 e. The Bertz CT molecular complexity index is 929. The van der Waals surface area contributed by atoms with Crippen LogP contribution in [0.4, 0.5) is 5.69 Å². The lowest BCUT2D eigenvalue weighted by molar-refractivity contribution is -0.385. The molecule has 0 bridgehead atoms. The highest BCUT2D eigenvalue weighted by atomic mass is 16.7. The number of carbonyl (C=O) groups excluding carboxylic acids is 1. The van der Waals surface area contributed by atoms with E-state index in [9.17, 15) is 20.2 Å². The van der Waals surface area contributed by atoms with Crippen molar-refractivity contribution in [3.63, 3.8) is 0 Å². The van der Waals surface area contributed by atoms with Crippen LogP contribution in [-0.4, -0.2) is 23.4 Å². The van der Waals surface area contributed by atoms with Crippen molar-refractivity contribution < 1.29 is 23.9 Å². The fraction of sp³-hybridized carbons (Fsp3) is 0.353. The molecule has 2 aliphatic heterocycles. The summed E-state index contributed by atoms with van der Waals surface area (Å²) in [6, 6.07) is 4.63. The quantitative estimate of drug-likeness (QED) is 0.636. The average Bonchev–Trinajstić information content (AvgIpc) is 3.07. The van der Waals surface area contributed by atoms with E-state index < -0.39 is 16.8 Å². The molecule has 2 heterocycles. The molecule has 2 unspecified atom stereocenters. The summed E-state index contributed by atoms with van der Waals surface area (Å²) in [5.74, 6) is -1.72. The van der Waals surface area contributed by atoms with Gasteiger partial charge in [-0.1, -0.05) is 0 Å². The van der Waals surface area contributed by atoms with Gasteiger partial charge >= 0.3 is 0 Å². The van der Waals surface area contributed by atoms with Crippen molar-refractivity contribution in [2.75, 3.05) is 6.79 Å². The van der Waals surface area contributed by atoms with Gasteiger partial charge in [-0.2, -0.15) is 5.26 Å². The first-order valence-corrected chi connectivity index (χ1v) is 8.01. The smallest absolute Gasteiger partial charge is 0.277 e. The molecular formula is C17H13N3O6. The van der Waals surface area contributed by atoms with Crippen LogP contribution in [0.1, 0.15) is 30.7 Å². The lowest BCUT2D eigenvalue weighted by Crippen LogP contribution is -2.34. The van der Waals surface area contributed by atoms with E-state index in [0.29, 0.717) is 24.4 Å². The van der Waals surface area contributed by atoms with Crippen LogP contribution in [-0.2, 0) is 9.53 Å². The third-order valence-corrected chi connectivity index (χ3v) is 4.76. The Morgan fingerprint density at radius 1 is 1.27 bits per heavy atom. The summed E-state index contributed by atoms with van der Waals surface area (Å²) in [5.41, 5.74) is 0.127. The molecule has 0 saturated carbocycles. The number of hydrogen-bond donors (Lipinski definition) is 1. The van der Waals surface area contributed by atoms with Crippen LogP contribution in [0.25, 0.3) is 0 Å². The van der Waals surface area contributed by atoms with Crippen molar-refractivity contribution in [1.82, 2.24) is 0 Å². The van der Waals surface area contributed by atoms with Crippen molar-refractivity contribution in [3.05, 3.63) is 39.1 Å². The number of nitrogens with zero attached hydrogens (tertiary/aromatic N) is 2. The van der Waals surface area contributed by atoms with E-state index in [1.165, 1.54) is 12.1 Å². The van der Waals surface area contributed by atoms with Crippen LogP contribution in [0, 0.1) is 32.8 Å². The Kier molecular flexibility index (Phi) is 3.61. The highest BCUT2D eigenvalue weighted by molar-refractivity contribution is 6.01. The summed E-state index contributed by atoms with van der Waals surface area (Å²) in [4.78, 5) is 23.6. The Morgan fingerprint density at radius 3 is 2.69 bits per heavy atom. The van der Waals surface area contributed by atoms with Crippen LogP contribution in [0.5, 0.6) is 11.5 Å². The Labute approximate surface area is 147 Å². The van der Waals surface area contributed by atoms with E-state index in [-0.39, 0.29) is 47.5 Å². The number of hydrogen-bond acceptors (Lipinski definition) is 8. The van der Waals surface area contributed by atoms with Gasteiger partial charge in [0.15, 0.2) is 17.3 Å². The first kappa shape index (κ1) is 16.1. The molecule has 1 aliphatic carbocycles. The molecule has 132 valence electrons. The van der Waals surface area contributed by atoms with Crippen molar-refractivity contribution in [3.8, 4) is 17.6 Å². The van der Waals surface area contributed by atoms with Gasteiger partial charge in [0.2, 0.25) is 12.7 Å². The molecule has 2 atom stereocenters. The van der Waals surface area contributed by atoms with Crippen LogP contribution in [0.3, 0.4) is 0 Å². The SMILES string of the molecule is N#CC1C(=N)OC2=C(C(=O)CCC2)C1c1cc2c(cc1[N+](=O)[O-])OCO2. The number of carbonyl (C=O) groups is 1. The first-order valence-electron chi connectivity index (χ1n) is 8.01. The van der Waals surface area contributed by atoms with Crippen LogP contribution in [0.15, 0.2) is 23.5 Å². The monoisotopic (exact) mass is 355 g/mol. The number of nitro groups is 1. The number of nitro benzene ring substituents is 1. The van der Waals surface area contributed by atoms with E-state index in [1.807, 2.05) is 6.07 Å². The summed E-state index contributed by atoms with van der Waals surface area (Å²) in [6.07, 6.45) is 1.32. The summed E-state index contributed by atoms with van der Waals surface area (Å²) in [5, 5.41) is 29.2. The molecule has 0 spiro atoms. The molecule has 1 aromatic carbocycles. The van der Waals surface area contributed by atoms with Crippen LogP contribution >= 0.6 is 0 Å². The van der Waals surface area contributed by atoms with E-state index >= 15 is 0 Å².